The standard InChI is InChI=1S/C14H19NO3/c15-14(17)18-10-6-2-5-9-13(16)11-12-7-3-1-4-8-12/h1,3-4,7-8H,2,5-6,9-11H2,(H2,15,17). The topological polar surface area (TPSA) is 69.4 Å². The number of amides is 1. The molecule has 0 aliphatic heterocycles. The van der Waals surface area contributed by atoms with Gasteiger partial charge in [-0.25, -0.2) is 4.79 Å². The van der Waals surface area contributed by atoms with Gasteiger partial charge in [0.05, 0.1) is 6.61 Å². The molecule has 0 unspecified atom stereocenters. The minimum Gasteiger partial charge on any atom is -0.450 e. The Balaban J connectivity index is 2.05. The van der Waals surface area contributed by atoms with Crippen molar-refractivity contribution in [2.45, 2.75) is 32.1 Å². The predicted octanol–water partition coefficient (Wildman–Crippen LogP) is 2.45. The van der Waals surface area contributed by atoms with Gasteiger partial charge >= 0.3 is 6.09 Å². The normalized spacial score (nSPS) is 10.0. The average molecular weight is 249 g/mol. The quantitative estimate of drug-likeness (QED) is 0.719. The SMILES string of the molecule is NC(=O)OCCCCCC(=O)Cc1ccccc1. The zero-order valence-electron chi connectivity index (χ0n) is 10.4. The van der Waals surface area contributed by atoms with Gasteiger partial charge in [-0.05, 0) is 24.8 Å². The molecule has 0 aliphatic carbocycles. The number of benzene rings is 1. The van der Waals surface area contributed by atoms with Gasteiger partial charge in [-0.15, -0.1) is 0 Å². The molecule has 0 aliphatic rings. The van der Waals surface area contributed by atoms with E-state index in [2.05, 4.69) is 4.74 Å². The Bertz CT molecular complexity index is 376. The number of hydrogen-bond donors (Lipinski definition) is 1. The number of Topliss-reactive ketones (excluding diaryl/α,β-unsaturated/α-hetero) is 1. The highest BCUT2D eigenvalue weighted by Gasteiger charge is 2.03. The molecule has 1 rings (SSSR count). The van der Waals surface area contributed by atoms with Crippen LogP contribution in [-0.4, -0.2) is 18.5 Å². The smallest absolute Gasteiger partial charge is 0.404 e. The molecule has 0 aromatic heterocycles. The number of nitrogens with two attached hydrogens (primary N) is 1. The van der Waals surface area contributed by atoms with Crippen LogP contribution in [-0.2, 0) is 16.0 Å². The van der Waals surface area contributed by atoms with Crippen molar-refractivity contribution in [1.29, 1.82) is 0 Å². The first-order chi connectivity index (χ1) is 8.68. The van der Waals surface area contributed by atoms with Crippen LogP contribution in [0.15, 0.2) is 30.3 Å². The van der Waals surface area contributed by atoms with E-state index >= 15 is 0 Å². The van der Waals surface area contributed by atoms with Gasteiger partial charge in [0.1, 0.15) is 5.78 Å². The maximum Gasteiger partial charge on any atom is 0.404 e. The molecular formula is C14H19NO3. The summed E-state index contributed by atoms with van der Waals surface area (Å²) in [4.78, 5) is 21.9. The first kappa shape index (κ1) is 14.2. The van der Waals surface area contributed by atoms with E-state index in [9.17, 15) is 9.59 Å². The zero-order valence-corrected chi connectivity index (χ0v) is 10.4. The number of carbonyl (C=O) groups excluding carboxylic acids is 2. The summed E-state index contributed by atoms with van der Waals surface area (Å²) in [5.74, 6) is 0.247. The van der Waals surface area contributed by atoms with Crippen LogP contribution in [0.2, 0.25) is 0 Å². The molecule has 0 spiro atoms. The van der Waals surface area contributed by atoms with Crippen LogP contribution in [0.1, 0.15) is 31.2 Å². The van der Waals surface area contributed by atoms with Crippen molar-refractivity contribution in [2.24, 2.45) is 5.73 Å². The molecule has 2 N–H and O–H groups in total. The second-order valence-electron chi connectivity index (χ2n) is 4.18. The molecule has 1 amide bonds. The highest BCUT2D eigenvalue weighted by Crippen LogP contribution is 2.06. The summed E-state index contributed by atoms with van der Waals surface area (Å²) < 4.78 is 4.60. The number of ketones is 1. The summed E-state index contributed by atoms with van der Waals surface area (Å²) in [6.45, 7) is 0.336. The number of unbranched alkanes of at least 4 members (excludes halogenated alkanes) is 2. The molecule has 0 fully saturated rings. The fourth-order valence-corrected chi connectivity index (χ4v) is 1.69. The van der Waals surface area contributed by atoms with E-state index in [1.165, 1.54) is 0 Å². The third-order valence-corrected chi connectivity index (χ3v) is 2.59. The van der Waals surface area contributed by atoms with Crippen LogP contribution >= 0.6 is 0 Å². The summed E-state index contributed by atoms with van der Waals surface area (Å²) in [5.41, 5.74) is 5.88. The molecule has 1 aromatic carbocycles. The molecular weight excluding hydrogens is 230 g/mol. The molecule has 4 heteroatoms. The van der Waals surface area contributed by atoms with E-state index in [1.54, 1.807) is 0 Å². The van der Waals surface area contributed by atoms with Crippen LogP contribution in [0.25, 0.3) is 0 Å². The zero-order chi connectivity index (χ0) is 13.2. The monoisotopic (exact) mass is 249 g/mol. The second kappa shape index (κ2) is 8.28. The first-order valence-electron chi connectivity index (χ1n) is 6.16. The Labute approximate surface area is 107 Å². The van der Waals surface area contributed by atoms with Gasteiger partial charge < -0.3 is 10.5 Å². The van der Waals surface area contributed by atoms with Gasteiger partial charge in [-0.1, -0.05) is 30.3 Å². The van der Waals surface area contributed by atoms with Crippen molar-refractivity contribution >= 4 is 11.9 Å². The Morgan fingerprint density at radius 1 is 1.06 bits per heavy atom. The maximum absolute atomic E-state index is 11.6. The summed E-state index contributed by atoms with van der Waals surface area (Å²) >= 11 is 0. The lowest BCUT2D eigenvalue weighted by molar-refractivity contribution is -0.118. The maximum atomic E-state index is 11.6. The van der Waals surface area contributed by atoms with E-state index in [0.29, 0.717) is 19.4 Å². The van der Waals surface area contributed by atoms with Crippen molar-refractivity contribution in [3.05, 3.63) is 35.9 Å². The van der Waals surface area contributed by atoms with Gasteiger partial charge in [0, 0.05) is 12.8 Å². The third-order valence-electron chi connectivity index (χ3n) is 2.59. The highest BCUT2D eigenvalue weighted by atomic mass is 16.5. The Hall–Kier alpha value is -1.84. The van der Waals surface area contributed by atoms with Crippen molar-refractivity contribution in [3.8, 4) is 0 Å². The molecule has 0 bridgehead atoms. The Kier molecular flexibility index (Phi) is 6.54. The molecule has 98 valence electrons. The van der Waals surface area contributed by atoms with E-state index < -0.39 is 6.09 Å². The molecule has 18 heavy (non-hydrogen) atoms. The van der Waals surface area contributed by atoms with Gasteiger partial charge in [0.2, 0.25) is 0 Å². The lowest BCUT2D eigenvalue weighted by Crippen LogP contribution is -2.13. The van der Waals surface area contributed by atoms with Crippen molar-refractivity contribution in [1.82, 2.24) is 0 Å². The minimum absolute atomic E-state index is 0.247. The molecule has 0 radical (unpaired) electrons. The van der Waals surface area contributed by atoms with Crippen LogP contribution < -0.4 is 5.73 Å². The number of ether oxygens (including phenoxy) is 1. The molecule has 0 saturated carbocycles. The lowest BCUT2D eigenvalue weighted by atomic mass is 10.0. The van der Waals surface area contributed by atoms with E-state index in [1.807, 2.05) is 30.3 Å². The fraction of sp³-hybridized carbons (Fsp3) is 0.429. The van der Waals surface area contributed by atoms with Crippen molar-refractivity contribution in [2.75, 3.05) is 6.61 Å². The van der Waals surface area contributed by atoms with Crippen LogP contribution in [0.4, 0.5) is 4.79 Å². The molecule has 4 nitrogen and oxygen atoms in total. The minimum atomic E-state index is -0.741. The van der Waals surface area contributed by atoms with E-state index in [4.69, 9.17) is 5.73 Å². The van der Waals surface area contributed by atoms with Gasteiger partial charge in [-0.2, -0.15) is 0 Å². The van der Waals surface area contributed by atoms with Gasteiger partial charge in [0.25, 0.3) is 0 Å². The van der Waals surface area contributed by atoms with Gasteiger partial charge in [0.15, 0.2) is 0 Å². The van der Waals surface area contributed by atoms with Gasteiger partial charge in [-0.3, -0.25) is 4.79 Å². The van der Waals surface area contributed by atoms with Crippen molar-refractivity contribution < 1.29 is 14.3 Å². The Morgan fingerprint density at radius 3 is 2.44 bits per heavy atom. The number of hydrogen-bond acceptors (Lipinski definition) is 3. The second-order valence-corrected chi connectivity index (χ2v) is 4.18. The average Bonchev–Trinajstić information content (AvgIpc) is 2.34. The fourth-order valence-electron chi connectivity index (χ4n) is 1.69. The van der Waals surface area contributed by atoms with Crippen molar-refractivity contribution in [3.63, 3.8) is 0 Å². The van der Waals surface area contributed by atoms with E-state index in [-0.39, 0.29) is 5.78 Å². The molecule has 0 saturated heterocycles. The van der Waals surface area contributed by atoms with Crippen LogP contribution in [0, 0.1) is 0 Å². The van der Waals surface area contributed by atoms with Crippen LogP contribution in [0.5, 0.6) is 0 Å². The van der Waals surface area contributed by atoms with Crippen LogP contribution in [0.3, 0.4) is 0 Å². The highest BCUT2D eigenvalue weighted by molar-refractivity contribution is 5.80. The van der Waals surface area contributed by atoms with E-state index in [0.717, 1.165) is 24.8 Å². The first-order valence-corrected chi connectivity index (χ1v) is 6.16. The summed E-state index contributed by atoms with van der Waals surface area (Å²) in [7, 11) is 0. The number of carbonyl (C=O) groups is 2. The summed E-state index contributed by atoms with van der Waals surface area (Å²) in [5, 5.41) is 0. The predicted molar refractivity (Wildman–Crippen MR) is 69.2 cm³/mol. The largest absolute Gasteiger partial charge is 0.450 e. The number of rotatable bonds is 8. The number of primary amides is 1. The third kappa shape index (κ3) is 6.68. The summed E-state index contributed by atoms with van der Waals surface area (Å²) in [6, 6.07) is 9.72. The lowest BCUT2D eigenvalue weighted by Gasteiger charge is -2.02. The molecule has 0 atom stereocenters. The summed E-state index contributed by atoms with van der Waals surface area (Å²) in [6.07, 6.45) is 2.78. The molecule has 1 aromatic rings. The molecule has 0 heterocycles. The Morgan fingerprint density at radius 2 is 1.78 bits per heavy atom.